The van der Waals surface area contributed by atoms with Crippen molar-refractivity contribution in [1.82, 2.24) is 14.8 Å². The summed E-state index contributed by atoms with van der Waals surface area (Å²) in [5.74, 6) is 0.0239. The Bertz CT molecular complexity index is 1300. The van der Waals surface area contributed by atoms with Crippen LogP contribution in [0.1, 0.15) is 35.2 Å². The molecule has 1 N–H and O–H groups in total. The van der Waals surface area contributed by atoms with E-state index in [1.807, 2.05) is 24.3 Å². The largest absolute Gasteiger partial charge is 0.352 e. The first-order valence-electron chi connectivity index (χ1n) is 12.4. The number of likely N-dealkylation sites (tertiary alicyclic amines) is 1. The van der Waals surface area contributed by atoms with E-state index >= 15 is 0 Å². The molecule has 4 nitrogen and oxygen atoms in total. The van der Waals surface area contributed by atoms with Crippen molar-refractivity contribution < 1.29 is 9.18 Å². The van der Waals surface area contributed by atoms with E-state index in [1.54, 1.807) is 0 Å². The van der Waals surface area contributed by atoms with Crippen LogP contribution in [0.2, 0.25) is 0 Å². The Balaban J connectivity index is 1.22. The minimum Gasteiger partial charge on any atom is -0.352 e. The Hall–Kier alpha value is -3.44. The van der Waals surface area contributed by atoms with Crippen LogP contribution in [0.4, 0.5) is 4.39 Å². The molecule has 1 fully saturated rings. The normalized spacial score (nSPS) is 14.9. The van der Waals surface area contributed by atoms with Crippen LogP contribution in [-0.4, -0.2) is 28.5 Å². The van der Waals surface area contributed by atoms with Gasteiger partial charge in [-0.1, -0.05) is 54.6 Å². The van der Waals surface area contributed by atoms with E-state index in [4.69, 9.17) is 0 Å². The Morgan fingerprint density at radius 1 is 0.943 bits per heavy atom. The Labute approximate surface area is 206 Å². The molecule has 1 aromatic heterocycles. The van der Waals surface area contributed by atoms with Crippen LogP contribution in [0.15, 0.2) is 78.9 Å². The predicted octanol–water partition coefficient (Wildman–Crippen LogP) is 5.67. The summed E-state index contributed by atoms with van der Waals surface area (Å²) < 4.78 is 15.7. The molecule has 0 saturated carbocycles. The zero-order chi connectivity index (χ0) is 24.2. The molecule has 0 spiro atoms. The number of carbonyl (C=O) groups is 1. The summed E-state index contributed by atoms with van der Waals surface area (Å²) in [5, 5.41) is 4.36. The number of carbonyl (C=O) groups excluding carboxylic acids is 1. The van der Waals surface area contributed by atoms with Crippen molar-refractivity contribution in [2.75, 3.05) is 13.1 Å². The molecule has 0 bridgehead atoms. The van der Waals surface area contributed by atoms with E-state index < -0.39 is 0 Å². The van der Waals surface area contributed by atoms with Crippen molar-refractivity contribution in [2.24, 2.45) is 5.92 Å². The summed E-state index contributed by atoms with van der Waals surface area (Å²) >= 11 is 0. The third kappa shape index (κ3) is 5.46. The number of hydrogen-bond donors (Lipinski definition) is 1. The lowest BCUT2D eigenvalue weighted by molar-refractivity contribution is -0.126. The molecule has 2 heterocycles. The smallest absolute Gasteiger partial charge is 0.223 e. The maximum atomic E-state index is 13.4. The van der Waals surface area contributed by atoms with Crippen LogP contribution in [0.25, 0.3) is 10.9 Å². The SMILES string of the molecule is Cc1ccccc1CNC(=O)C1CCN(Cc2cc3ccccc3n2Cc2ccc(F)cc2)CC1. The lowest BCUT2D eigenvalue weighted by Crippen LogP contribution is -2.40. The van der Waals surface area contributed by atoms with E-state index in [2.05, 4.69) is 64.2 Å². The molecule has 1 saturated heterocycles. The van der Waals surface area contributed by atoms with Gasteiger partial charge in [-0.2, -0.15) is 0 Å². The van der Waals surface area contributed by atoms with Crippen molar-refractivity contribution in [1.29, 1.82) is 0 Å². The minimum absolute atomic E-state index is 0.0698. The number of nitrogens with one attached hydrogen (secondary N) is 1. The van der Waals surface area contributed by atoms with Gasteiger partial charge in [-0.25, -0.2) is 4.39 Å². The highest BCUT2D eigenvalue weighted by molar-refractivity contribution is 5.81. The highest BCUT2D eigenvalue weighted by atomic mass is 19.1. The molecular weight excluding hydrogens is 437 g/mol. The number of para-hydroxylation sites is 1. The second-order valence-corrected chi connectivity index (χ2v) is 9.60. The molecule has 5 heteroatoms. The van der Waals surface area contributed by atoms with Gasteiger partial charge in [0.05, 0.1) is 0 Å². The number of fused-ring (bicyclic) bond motifs is 1. The van der Waals surface area contributed by atoms with Crippen LogP contribution in [0.3, 0.4) is 0 Å². The van der Waals surface area contributed by atoms with Crippen LogP contribution in [-0.2, 0) is 24.4 Å². The number of aromatic nitrogens is 1. The molecular formula is C30H32FN3O. The lowest BCUT2D eigenvalue weighted by atomic mass is 9.95. The average molecular weight is 470 g/mol. The first-order chi connectivity index (χ1) is 17.1. The monoisotopic (exact) mass is 469 g/mol. The summed E-state index contributed by atoms with van der Waals surface area (Å²) in [7, 11) is 0. The van der Waals surface area contributed by atoms with Crippen LogP contribution in [0.5, 0.6) is 0 Å². The van der Waals surface area contributed by atoms with E-state index in [-0.39, 0.29) is 17.6 Å². The standard InChI is InChI=1S/C30H32FN3O/c1-22-6-2-3-8-26(22)19-32-30(35)24-14-16-33(17-15-24)21-28-18-25-7-4-5-9-29(25)34(28)20-23-10-12-27(31)13-11-23/h2-13,18,24H,14-17,19-21H2,1H3,(H,32,35). The van der Waals surface area contributed by atoms with Crippen molar-refractivity contribution >= 4 is 16.8 Å². The van der Waals surface area contributed by atoms with E-state index in [0.717, 1.165) is 38.0 Å². The summed E-state index contributed by atoms with van der Waals surface area (Å²) in [5.41, 5.74) is 5.90. The molecule has 0 radical (unpaired) electrons. The van der Waals surface area contributed by atoms with Crippen molar-refractivity contribution in [2.45, 2.75) is 39.4 Å². The molecule has 4 aromatic rings. The number of piperidine rings is 1. The first-order valence-corrected chi connectivity index (χ1v) is 12.4. The van der Waals surface area contributed by atoms with Crippen molar-refractivity contribution in [3.63, 3.8) is 0 Å². The van der Waals surface area contributed by atoms with E-state index in [1.165, 1.54) is 39.9 Å². The molecule has 0 aliphatic carbocycles. The van der Waals surface area contributed by atoms with E-state index in [0.29, 0.717) is 13.1 Å². The molecule has 35 heavy (non-hydrogen) atoms. The third-order valence-corrected chi connectivity index (χ3v) is 7.21. The van der Waals surface area contributed by atoms with Crippen molar-refractivity contribution in [3.8, 4) is 0 Å². The maximum Gasteiger partial charge on any atom is 0.223 e. The molecule has 5 rings (SSSR count). The number of aryl methyl sites for hydroxylation is 1. The lowest BCUT2D eigenvalue weighted by Gasteiger charge is -2.31. The third-order valence-electron chi connectivity index (χ3n) is 7.21. The number of amides is 1. The van der Waals surface area contributed by atoms with Gasteiger partial charge in [0.1, 0.15) is 5.82 Å². The zero-order valence-electron chi connectivity index (χ0n) is 20.2. The number of nitrogens with zero attached hydrogens (tertiary/aromatic N) is 2. The van der Waals surface area contributed by atoms with Gasteiger partial charge in [0.15, 0.2) is 0 Å². The number of rotatable bonds is 7. The van der Waals surface area contributed by atoms with Crippen LogP contribution in [0, 0.1) is 18.7 Å². The van der Waals surface area contributed by atoms with Gasteiger partial charge in [0.25, 0.3) is 0 Å². The predicted molar refractivity (Wildman–Crippen MR) is 138 cm³/mol. The quantitative estimate of drug-likeness (QED) is 0.379. The topological polar surface area (TPSA) is 37.3 Å². The Morgan fingerprint density at radius 3 is 2.43 bits per heavy atom. The second-order valence-electron chi connectivity index (χ2n) is 9.60. The molecule has 0 unspecified atom stereocenters. The second kappa shape index (κ2) is 10.4. The Morgan fingerprint density at radius 2 is 1.66 bits per heavy atom. The molecule has 3 aromatic carbocycles. The van der Waals surface area contributed by atoms with Crippen LogP contribution >= 0.6 is 0 Å². The minimum atomic E-state index is -0.211. The van der Waals surface area contributed by atoms with Crippen molar-refractivity contribution in [3.05, 3.63) is 107 Å². The average Bonchev–Trinajstić information content (AvgIpc) is 3.22. The highest BCUT2D eigenvalue weighted by Gasteiger charge is 2.25. The van der Waals surface area contributed by atoms with Gasteiger partial charge < -0.3 is 9.88 Å². The number of halogens is 1. The van der Waals surface area contributed by atoms with Gasteiger partial charge >= 0.3 is 0 Å². The Kier molecular flexibility index (Phi) is 6.96. The molecule has 0 atom stereocenters. The van der Waals surface area contributed by atoms with Gasteiger partial charge in [-0.15, -0.1) is 0 Å². The zero-order valence-corrected chi connectivity index (χ0v) is 20.2. The molecule has 180 valence electrons. The molecule has 1 amide bonds. The summed E-state index contributed by atoms with van der Waals surface area (Å²) in [4.78, 5) is 15.2. The fourth-order valence-electron chi connectivity index (χ4n) is 5.08. The van der Waals surface area contributed by atoms with Crippen LogP contribution < -0.4 is 5.32 Å². The number of benzene rings is 3. The summed E-state index contributed by atoms with van der Waals surface area (Å²) in [6.07, 6.45) is 1.75. The summed E-state index contributed by atoms with van der Waals surface area (Å²) in [6.45, 7) is 6.03. The van der Waals surface area contributed by atoms with Gasteiger partial charge in [-0.05, 0) is 79.2 Å². The number of hydrogen-bond acceptors (Lipinski definition) is 2. The molecule has 1 aliphatic heterocycles. The highest BCUT2D eigenvalue weighted by Crippen LogP contribution is 2.25. The van der Waals surface area contributed by atoms with Gasteiger partial charge in [-0.3, -0.25) is 9.69 Å². The van der Waals surface area contributed by atoms with Gasteiger partial charge in [0, 0.05) is 36.8 Å². The fraction of sp³-hybridized carbons (Fsp3) is 0.300. The first kappa shape index (κ1) is 23.3. The summed E-state index contributed by atoms with van der Waals surface area (Å²) in [6, 6.07) is 25.6. The maximum absolute atomic E-state index is 13.4. The molecule has 1 aliphatic rings. The van der Waals surface area contributed by atoms with E-state index in [9.17, 15) is 9.18 Å². The fourth-order valence-corrected chi connectivity index (χ4v) is 5.08. The van der Waals surface area contributed by atoms with Gasteiger partial charge in [0.2, 0.25) is 5.91 Å².